The molecule has 6 heteroatoms. The van der Waals surface area contributed by atoms with Crippen LogP contribution in [0.5, 0.6) is 5.75 Å². The highest BCUT2D eigenvalue weighted by atomic mass is 16.5. The molecule has 0 radical (unpaired) electrons. The van der Waals surface area contributed by atoms with Gasteiger partial charge in [0.05, 0.1) is 0 Å². The summed E-state index contributed by atoms with van der Waals surface area (Å²) in [4.78, 5) is 21.4. The molecule has 1 unspecified atom stereocenters. The minimum Gasteiger partial charge on any atom is -0.481 e. The average Bonchev–Trinajstić information content (AvgIpc) is 2.67. The summed E-state index contributed by atoms with van der Waals surface area (Å²) >= 11 is 0. The molecule has 0 bridgehead atoms. The van der Waals surface area contributed by atoms with Crippen molar-refractivity contribution in [3.05, 3.63) is 54.2 Å². The van der Waals surface area contributed by atoms with Crippen molar-refractivity contribution in [2.24, 2.45) is 0 Å². The fourth-order valence-corrected chi connectivity index (χ4v) is 2.87. The zero-order chi connectivity index (χ0) is 18.4. The van der Waals surface area contributed by atoms with Gasteiger partial charge in [0.2, 0.25) is 0 Å². The highest BCUT2D eigenvalue weighted by Gasteiger charge is 2.17. The lowest BCUT2D eigenvalue weighted by Gasteiger charge is -2.33. The van der Waals surface area contributed by atoms with Crippen molar-refractivity contribution in [1.82, 2.24) is 15.2 Å². The number of nitrogens with zero attached hydrogens (tertiary/aromatic N) is 3. The Morgan fingerprint density at radius 2 is 1.92 bits per heavy atom. The van der Waals surface area contributed by atoms with Crippen molar-refractivity contribution < 1.29 is 9.53 Å². The van der Waals surface area contributed by atoms with Crippen LogP contribution < -0.4 is 15.0 Å². The molecule has 2 aromatic rings. The van der Waals surface area contributed by atoms with Gasteiger partial charge in [0.25, 0.3) is 5.91 Å². The lowest BCUT2D eigenvalue weighted by atomic mass is 10.2. The number of anilines is 1. The minimum atomic E-state index is -0.545. The van der Waals surface area contributed by atoms with E-state index >= 15 is 0 Å². The fraction of sp³-hybridized carbons (Fsp3) is 0.400. The summed E-state index contributed by atoms with van der Waals surface area (Å²) in [7, 11) is 2.13. The molecule has 1 amide bonds. The first kappa shape index (κ1) is 18.2. The summed E-state index contributed by atoms with van der Waals surface area (Å²) in [5.74, 6) is 1.53. The molecular formula is C20H26N4O2. The van der Waals surface area contributed by atoms with E-state index in [1.165, 1.54) is 0 Å². The number of para-hydroxylation sites is 1. The highest BCUT2D eigenvalue weighted by Crippen LogP contribution is 2.15. The molecule has 0 spiro atoms. The SMILES string of the molecule is CC(Oc1ccccc1)C(=O)NCc1ccnc(N2CCN(C)CC2)c1. The van der Waals surface area contributed by atoms with Crippen LogP contribution in [0.3, 0.4) is 0 Å². The van der Waals surface area contributed by atoms with E-state index in [0.717, 1.165) is 37.6 Å². The van der Waals surface area contributed by atoms with Crippen molar-refractivity contribution in [3.63, 3.8) is 0 Å². The van der Waals surface area contributed by atoms with Crippen LogP contribution in [0.25, 0.3) is 0 Å². The van der Waals surface area contributed by atoms with Gasteiger partial charge in [-0.3, -0.25) is 4.79 Å². The van der Waals surface area contributed by atoms with E-state index in [9.17, 15) is 4.79 Å². The van der Waals surface area contributed by atoms with Gasteiger partial charge in [0.15, 0.2) is 6.10 Å². The molecule has 1 aliphatic rings. The molecule has 1 aliphatic heterocycles. The maximum Gasteiger partial charge on any atom is 0.261 e. The number of carbonyl (C=O) groups is 1. The van der Waals surface area contributed by atoms with Crippen molar-refractivity contribution in [1.29, 1.82) is 0 Å². The van der Waals surface area contributed by atoms with Crippen LogP contribution in [0.4, 0.5) is 5.82 Å². The lowest BCUT2D eigenvalue weighted by Crippen LogP contribution is -2.44. The van der Waals surface area contributed by atoms with Gasteiger partial charge in [-0.15, -0.1) is 0 Å². The molecule has 1 saturated heterocycles. The molecule has 2 heterocycles. The number of hydrogen-bond acceptors (Lipinski definition) is 5. The molecule has 26 heavy (non-hydrogen) atoms. The monoisotopic (exact) mass is 354 g/mol. The first-order valence-corrected chi connectivity index (χ1v) is 8.99. The van der Waals surface area contributed by atoms with E-state index in [1.54, 1.807) is 13.1 Å². The van der Waals surface area contributed by atoms with Crippen LogP contribution >= 0.6 is 0 Å². The molecule has 1 atom stereocenters. The largest absolute Gasteiger partial charge is 0.481 e. The quantitative estimate of drug-likeness (QED) is 0.859. The number of piperazine rings is 1. The lowest BCUT2D eigenvalue weighted by molar-refractivity contribution is -0.127. The second kappa shape index (κ2) is 8.67. The zero-order valence-corrected chi connectivity index (χ0v) is 15.4. The number of carbonyl (C=O) groups excluding carboxylic acids is 1. The van der Waals surface area contributed by atoms with Crippen LogP contribution in [0.2, 0.25) is 0 Å². The third kappa shape index (κ3) is 4.95. The van der Waals surface area contributed by atoms with Gasteiger partial charge in [0.1, 0.15) is 11.6 Å². The molecule has 3 rings (SSSR count). The van der Waals surface area contributed by atoms with Gasteiger partial charge in [-0.2, -0.15) is 0 Å². The molecule has 0 aliphatic carbocycles. The molecule has 0 saturated carbocycles. The normalized spacial score (nSPS) is 16.2. The summed E-state index contributed by atoms with van der Waals surface area (Å²) in [6, 6.07) is 13.4. The number of pyridine rings is 1. The standard InChI is InChI=1S/C20H26N4O2/c1-16(26-18-6-4-3-5-7-18)20(25)22-15-17-8-9-21-19(14-17)24-12-10-23(2)11-13-24/h3-9,14,16H,10-13,15H2,1-2H3,(H,22,25). The van der Waals surface area contributed by atoms with E-state index < -0.39 is 6.10 Å². The van der Waals surface area contributed by atoms with Gasteiger partial charge >= 0.3 is 0 Å². The predicted octanol–water partition coefficient (Wildman–Crippen LogP) is 1.92. The first-order chi connectivity index (χ1) is 12.6. The van der Waals surface area contributed by atoms with Crippen molar-refractivity contribution >= 4 is 11.7 Å². The maximum absolute atomic E-state index is 12.3. The van der Waals surface area contributed by atoms with Gasteiger partial charge in [-0.25, -0.2) is 4.98 Å². The van der Waals surface area contributed by atoms with Crippen molar-refractivity contribution in [2.45, 2.75) is 19.6 Å². The topological polar surface area (TPSA) is 57.7 Å². The molecule has 1 aromatic heterocycles. The Morgan fingerprint density at radius 1 is 1.19 bits per heavy atom. The molecule has 138 valence electrons. The minimum absolute atomic E-state index is 0.133. The van der Waals surface area contributed by atoms with Crippen LogP contribution in [0, 0.1) is 0 Å². The van der Waals surface area contributed by atoms with Crippen LogP contribution in [-0.2, 0) is 11.3 Å². The van der Waals surface area contributed by atoms with Crippen LogP contribution in [-0.4, -0.2) is 55.1 Å². The van der Waals surface area contributed by atoms with Crippen LogP contribution in [0.15, 0.2) is 48.7 Å². The maximum atomic E-state index is 12.3. The molecular weight excluding hydrogens is 328 g/mol. The van der Waals surface area contributed by atoms with Gasteiger partial charge < -0.3 is 19.9 Å². The summed E-state index contributed by atoms with van der Waals surface area (Å²) in [6.07, 6.45) is 1.26. The Morgan fingerprint density at radius 3 is 2.65 bits per heavy atom. The van der Waals surface area contributed by atoms with E-state index in [-0.39, 0.29) is 5.91 Å². The van der Waals surface area contributed by atoms with E-state index in [4.69, 9.17) is 4.74 Å². The Labute approximate surface area is 154 Å². The second-order valence-electron chi connectivity index (χ2n) is 6.60. The molecule has 6 nitrogen and oxygen atoms in total. The summed E-state index contributed by atoms with van der Waals surface area (Å²) < 4.78 is 5.66. The predicted molar refractivity (Wildman–Crippen MR) is 102 cm³/mol. The van der Waals surface area contributed by atoms with Gasteiger partial charge in [0, 0.05) is 38.9 Å². The molecule has 1 N–H and O–H groups in total. The van der Waals surface area contributed by atoms with Gasteiger partial charge in [-0.05, 0) is 43.8 Å². The zero-order valence-electron chi connectivity index (χ0n) is 15.4. The number of aromatic nitrogens is 1. The van der Waals surface area contributed by atoms with Crippen molar-refractivity contribution in [3.8, 4) is 5.75 Å². The number of likely N-dealkylation sites (N-methyl/N-ethyl adjacent to an activating group) is 1. The number of hydrogen-bond donors (Lipinski definition) is 1. The first-order valence-electron chi connectivity index (χ1n) is 8.99. The number of nitrogens with one attached hydrogen (secondary N) is 1. The van der Waals surface area contributed by atoms with E-state index in [0.29, 0.717) is 12.3 Å². The molecule has 1 fully saturated rings. The van der Waals surface area contributed by atoms with E-state index in [2.05, 4.69) is 27.1 Å². The van der Waals surface area contributed by atoms with Crippen molar-refractivity contribution in [2.75, 3.05) is 38.1 Å². The number of rotatable bonds is 6. The summed E-state index contributed by atoms with van der Waals surface area (Å²) in [6.45, 7) is 6.24. The smallest absolute Gasteiger partial charge is 0.261 e. The summed E-state index contributed by atoms with van der Waals surface area (Å²) in [5, 5.41) is 2.94. The third-order valence-corrected chi connectivity index (χ3v) is 4.53. The highest BCUT2D eigenvalue weighted by molar-refractivity contribution is 5.80. The van der Waals surface area contributed by atoms with Crippen LogP contribution in [0.1, 0.15) is 12.5 Å². The second-order valence-corrected chi connectivity index (χ2v) is 6.60. The van der Waals surface area contributed by atoms with Gasteiger partial charge in [-0.1, -0.05) is 18.2 Å². The summed E-state index contributed by atoms with van der Waals surface area (Å²) in [5.41, 5.74) is 1.04. The Kier molecular flexibility index (Phi) is 6.07. The van der Waals surface area contributed by atoms with E-state index in [1.807, 2.05) is 42.5 Å². The average molecular weight is 354 g/mol. The Balaban J connectivity index is 1.52. The number of amides is 1. The molecule has 1 aromatic carbocycles. The Bertz CT molecular complexity index is 715. The number of benzene rings is 1. The number of ether oxygens (including phenoxy) is 1. The fourth-order valence-electron chi connectivity index (χ4n) is 2.87. The third-order valence-electron chi connectivity index (χ3n) is 4.53. The Hall–Kier alpha value is -2.60.